The van der Waals surface area contributed by atoms with Crippen LogP contribution in [0.15, 0.2) is 0 Å². The maximum Gasteiger partial charge on any atom is 0.337 e. The van der Waals surface area contributed by atoms with E-state index in [2.05, 4.69) is 41.5 Å². The molecule has 4 atom stereocenters. The molecule has 0 radical (unpaired) electrons. The summed E-state index contributed by atoms with van der Waals surface area (Å²) in [5.41, 5.74) is -0.688. The van der Waals surface area contributed by atoms with E-state index < -0.39 is 58.6 Å². The number of esters is 2. The standard InChI is InChI=1S/C27H56O8Si2/c1-18(2)32-24(31)23(35-37(14,15)27(9,10)11)22(34-36(12,13)26(6,7)8)20(29)16-19(28)17-21(30)33-25(3,4)5/h18-20,22-23,28-29H,16-17H2,1-15H3/t19-,20+,22-,23+/m1/s1. The lowest BCUT2D eigenvalue weighted by molar-refractivity contribution is -0.167. The summed E-state index contributed by atoms with van der Waals surface area (Å²) in [6.07, 6.45) is -5.63. The molecule has 0 unspecified atom stereocenters. The first-order valence-corrected chi connectivity index (χ1v) is 19.2. The van der Waals surface area contributed by atoms with E-state index in [1.807, 2.05) is 26.2 Å². The second-order valence-electron chi connectivity index (χ2n) is 14.4. The summed E-state index contributed by atoms with van der Waals surface area (Å²) in [6.45, 7) is 29.3. The van der Waals surface area contributed by atoms with Crippen molar-refractivity contribution in [1.29, 1.82) is 0 Å². The van der Waals surface area contributed by atoms with E-state index in [0.29, 0.717) is 0 Å². The zero-order chi connectivity index (χ0) is 29.8. The van der Waals surface area contributed by atoms with Crippen molar-refractivity contribution in [1.82, 2.24) is 0 Å². The molecule has 2 N–H and O–H groups in total. The third kappa shape index (κ3) is 12.3. The fourth-order valence-electron chi connectivity index (χ4n) is 2.97. The van der Waals surface area contributed by atoms with Gasteiger partial charge in [-0.05, 0) is 70.9 Å². The zero-order valence-corrected chi connectivity index (χ0v) is 28.1. The van der Waals surface area contributed by atoms with Gasteiger partial charge in [0.1, 0.15) is 11.7 Å². The molecular weight excluding hydrogens is 508 g/mol. The van der Waals surface area contributed by atoms with E-state index in [0.717, 1.165) is 0 Å². The molecule has 0 bridgehead atoms. The lowest BCUT2D eigenvalue weighted by atomic mass is 10.0. The van der Waals surface area contributed by atoms with Crippen molar-refractivity contribution in [3.05, 3.63) is 0 Å². The normalized spacial score (nSPS) is 17.2. The number of carbonyl (C=O) groups is 2. The summed E-state index contributed by atoms with van der Waals surface area (Å²) < 4.78 is 24.1. The van der Waals surface area contributed by atoms with Crippen molar-refractivity contribution in [3.8, 4) is 0 Å². The highest BCUT2D eigenvalue weighted by molar-refractivity contribution is 6.74. The van der Waals surface area contributed by atoms with Crippen molar-refractivity contribution < 1.29 is 38.1 Å². The number of hydrogen-bond acceptors (Lipinski definition) is 8. The van der Waals surface area contributed by atoms with Gasteiger partial charge in [0.15, 0.2) is 22.7 Å². The van der Waals surface area contributed by atoms with Crippen LogP contribution in [-0.4, -0.2) is 74.9 Å². The van der Waals surface area contributed by atoms with Crippen LogP contribution in [0.5, 0.6) is 0 Å². The monoisotopic (exact) mass is 564 g/mol. The molecular formula is C27H56O8Si2. The van der Waals surface area contributed by atoms with E-state index in [-0.39, 0.29) is 29.0 Å². The summed E-state index contributed by atoms with van der Waals surface area (Å²) in [6, 6.07) is 0. The molecule has 0 heterocycles. The van der Waals surface area contributed by atoms with Crippen LogP contribution in [-0.2, 0) is 27.9 Å². The molecule has 37 heavy (non-hydrogen) atoms. The van der Waals surface area contributed by atoms with Gasteiger partial charge in [-0.2, -0.15) is 0 Å². The van der Waals surface area contributed by atoms with Crippen molar-refractivity contribution in [3.63, 3.8) is 0 Å². The Morgan fingerprint density at radius 1 is 0.784 bits per heavy atom. The first-order chi connectivity index (χ1) is 16.2. The number of aliphatic hydroxyl groups excluding tert-OH is 2. The zero-order valence-electron chi connectivity index (χ0n) is 26.1. The van der Waals surface area contributed by atoms with E-state index in [4.69, 9.17) is 18.3 Å². The van der Waals surface area contributed by atoms with Gasteiger partial charge in [-0.25, -0.2) is 4.79 Å². The Labute approximate surface area is 228 Å². The Balaban J connectivity index is 6.36. The first kappa shape index (κ1) is 36.2. The summed E-state index contributed by atoms with van der Waals surface area (Å²) in [5, 5.41) is 21.7. The van der Waals surface area contributed by atoms with Gasteiger partial charge in [-0.1, -0.05) is 41.5 Å². The molecule has 0 aromatic rings. The number of ether oxygens (including phenoxy) is 2. The molecule has 0 fully saturated rings. The van der Waals surface area contributed by atoms with E-state index in [9.17, 15) is 19.8 Å². The maximum atomic E-state index is 13.4. The molecule has 0 aliphatic heterocycles. The van der Waals surface area contributed by atoms with Crippen molar-refractivity contribution >= 4 is 28.6 Å². The molecule has 0 spiro atoms. The Hall–Kier alpha value is -0.786. The minimum absolute atomic E-state index is 0.190. The van der Waals surface area contributed by atoms with Crippen LogP contribution in [0.2, 0.25) is 36.3 Å². The summed E-state index contributed by atoms with van der Waals surface area (Å²) in [4.78, 5) is 25.7. The fourth-order valence-corrected chi connectivity index (χ4v) is 5.51. The smallest absolute Gasteiger partial charge is 0.337 e. The fraction of sp³-hybridized carbons (Fsp3) is 0.926. The SMILES string of the molecule is CC(C)OC(=O)[C@@H](O[Si](C)(C)C(C)(C)C)[C@H](O[Si](C)(C)C(C)(C)C)[C@@H](O)C[C@@H](O)CC(=O)OC(C)(C)C. The van der Waals surface area contributed by atoms with Crippen molar-refractivity contribution in [2.45, 2.75) is 161 Å². The van der Waals surface area contributed by atoms with Gasteiger partial charge in [-0.15, -0.1) is 0 Å². The average molecular weight is 565 g/mol. The van der Waals surface area contributed by atoms with Crippen molar-refractivity contribution in [2.24, 2.45) is 0 Å². The van der Waals surface area contributed by atoms with Gasteiger partial charge in [0, 0.05) is 6.42 Å². The van der Waals surface area contributed by atoms with E-state index >= 15 is 0 Å². The predicted octanol–water partition coefficient (Wildman–Crippen LogP) is 5.56. The molecule has 0 saturated carbocycles. The molecule has 0 rings (SSSR count). The molecule has 0 amide bonds. The number of carbonyl (C=O) groups excluding carboxylic acids is 2. The topological polar surface area (TPSA) is 112 Å². The third-order valence-electron chi connectivity index (χ3n) is 7.06. The van der Waals surface area contributed by atoms with Crippen LogP contribution in [0.25, 0.3) is 0 Å². The second-order valence-corrected chi connectivity index (χ2v) is 23.9. The predicted molar refractivity (Wildman–Crippen MR) is 152 cm³/mol. The average Bonchev–Trinajstić information content (AvgIpc) is 2.59. The largest absolute Gasteiger partial charge is 0.461 e. The highest BCUT2D eigenvalue weighted by atomic mass is 28.4. The van der Waals surface area contributed by atoms with Crippen LogP contribution in [0.1, 0.15) is 89.0 Å². The molecule has 0 aliphatic rings. The molecule has 0 aromatic carbocycles. The van der Waals surface area contributed by atoms with Crippen LogP contribution in [0, 0.1) is 0 Å². The third-order valence-corrected chi connectivity index (χ3v) is 16.0. The van der Waals surface area contributed by atoms with Crippen LogP contribution in [0.4, 0.5) is 0 Å². The Morgan fingerprint density at radius 3 is 1.59 bits per heavy atom. The van der Waals surface area contributed by atoms with Crippen molar-refractivity contribution in [2.75, 3.05) is 0 Å². The molecule has 0 saturated heterocycles. The van der Waals surface area contributed by atoms with Gasteiger partial charge in [-0.3, -0.25) is 4.79 Å². The first-order valence-electron chi connectivity index (χ1n) is 13.3. The van der Waals surface area contributed by atoms with Gasteiger partial charge in [0.25, 0.3) is 0 Å². The van der Waals surface area contributed by atoms with Gasteiger partial charge < -0.3 is 28.5 Å². The molecule has 0 aromatic heterocycles. The van der Waals surface area contributed by atoms with Gasteiger partial charge >= 0.3 is 11.9 Å². The number of rotatable bonds is 12. The summed E-state index contributed by atoms with van der Waals surface area (Å²) in [7, 11) is -5.04. The highest BCUT2D eigenvalue weighted by Crippen LogP contribution is 2.41. The van der Waals surface area contributed by atoms with Gasteiger partial charge in [0.2, 0.25) is 0 Å². The quantitative estimate of drug-likeness (QED) is 0.234. The molecule has 10 heteroatoms. The summed E-state index contributed by atoms with van der Waals surface area (Å²) in [5.74, 6) is -1.17. The summed E-state index contributed by atoms with van der Waals surface area (Å²) >= 11 is 0. The van der Waals surface area contributed by atoms with E-state index in [1.54, 1.807) is 34.6 Å². The Morgan fingerprint density at radius 2 is 1.22 bits per heavy atom. The lowest BCUT2D eigenvalue weighted by Crippen LogP contribution is -2.58. The molecule has 0 aliphatic carbocycles. The Kier molecular flexibility index (Phi) is 12.8. The molecule has 220 valence electrons. The second kappa shape index (κ2) is 13.0. The van der Waals surface area contributed by atoms with E-state index in [1.165, 1.54) is 0 Å². The van der Waals surface area contributed by atoms with Crippen LogP contribution < -0.4 is 0 Å². The van der Waals surface area contributed by atoms with Crippen LogP contribution >= 0.6 is 0 Å². The lowest BCUT2D eigenvalue weighted by Gasteiger charge is -2.45. The minimum Gasteiger partial charge on any atom is -0.461 e. The highest BCUT2D eigenvalue weighted by Gasteiger charge is 2.49. The number of aliphatic hydroxyl groups is 2. The minimum atomic E-state index is -2.52. The maximum absolute atomic E-state index is 13.4. The van der Waals surface area contributed by atoms with Crippen LogP contribution in [0.3, 0.4) is 0 Å². The Bertz CT molecular complexity index is 745. The van der Waals surface area contributed by atoms with Gasteiger partial charge in [0.05, 0.1) is 24.7 Å². The molecule has 8 nitrogen and oxygen atoms in total. The number of hydrogen-bond donors (Lipinski definition) is 2.